The molecule has 0 saturated heterocycles. The van der Waals surface area contributed by atoms with E-state index in [1.54, 1.807) is 6.20 Å². The highest BCUT2D eigenvalue weighted by Crippen LogP contribution is 2.02. The topological polar surface area (TPSA) is 36.7 Å². The number of pyridine rings is 1. The van der Waals surface area contributed by atoms with Crippen molar-refractivity contribution in [3.05, 3.63) is 29.6 Å². The lowest BCUT2D eigenvalue weighted by molar-refractivity contribution is 1.24. The molecule has 0 fully saturated rings. The molecule has 1 N–H and O–H groups in total. The summed E-state index contributed by atoms with van der Waals surface area (Å²) in [4.78, 5) is 4.05. The van der Waals surface area contributed by atoms with E-state index in [0.29, 0.717) is 3.72 Å². The summed E-state index contributed by atoms with van der Waals surface area (Å²) in [7, 11) is 0. The number of rotatable bonds is 1. The highest BCUT2D eigenvalue weighted by atomic mass is 127. The summed E-state index contributed by atoms with van der Waals surface area (Å²) in [5.74, 6) is 0. The molecule has 2 nitrogen and oxygen atoms in total. The van der Waals surface area contributed by atoms with Gasteiger partial charge in [-0.1, -0.05) is 6.07 Å². The van der Waals surface area contributed by atoms with E-state index in [1.807, 2.05) is 41.6 Å². The molecule has 0 unspecified atom stereocenters. The van der Waals surface area contributed by atoms with E-state index in [4.69, 9.17) is 5.41 Å². The van der Waals surface area contributed by atoms with Crippen molar-refractivity contribution in [2.45, 2.75) is 6.92 Å². The van der Waals surface area contributed by atoms with Crippen molar-refractivity contribution in [1.82, 2.24) is 4.98 Å². The molecule has 0 spiro atoms. The van der Waals surface area contributed by atoms with Crippen molar-refractivity contribution >= 4 is 26.3 Å². The van der Waals surface area contributed by atoms with Crippen LogP contribution in [0.1, 0.15) is 11.3 Å². The van der Waals surface area contributed by atoms with Gasteiger partial charge in [-0.2, -0.15) is 0 Å². The van der Waals surface area contributed by atoms with Crippen LogP contribution in [0.2, 0.25) is 0 Å². The Morgan fingerprint density at radius 1 is 1.60 bits per heavy atom. The summed E-state index contributed by atoms with van der Waals surface area (Å²) in [5.41, 5.74) is 1.87. The molecule has 0 aliphatic carbocycles. The number of nitrogens with zero attached hydrogens (tertiary/aromatic N) is 1. The smallest absolute Gasteiger partial charge is 0.118 e. The summed E-state index contributed by atoms with van der Waals surface area (Å²) >= 11 is 1.94. The van der Waals surface area contributed by atoms with Crippen molar-refractivity contribution in [1.29, 1.82) is 5.41 Å². The van der Waals surface area contributed by atoms with Gasteiger partial charge in [0.05, 0.1) is 5.69 Å². The van der Waals surface area contributed by atoms with Crippen LogP contribution < -0.4 is 0 Å². The number of hydrogen-bond acceptors (Lipinski definition) is 2. The average Bonchev–Trinajstić information content (AvgIpc) is 1.88. The van der Waals surface area contributed by atoms with E-state index in [2.05, 4.69) is 4.98 Å². The number of nitrogens with one attached hydrogen (secondary N) is 1. The monoisotopic (exact) mass is 246 g/mol. The van der Waals surface area contributed by atoms with Gasteiger partial charge in [0.25, 0.3) is 0 Å². The maximum atomic E-state index is 7.23. The highest BCUT2D eigenvalue weighted by Gasteiger charge is 1.95. The van der Waals surface area contributed by atoms with Crippen molar-refractivity contribution in [2.24, 2.45) is 0 Å². The largest absolute Gasteiger partial charge is 0.292 e. The number of halogens is 1. The Kier molecular flexibility index (Phi) is 2.37. The molecular weight excluding hydrogens is 239 g/mol. The molecule has 3 heteroatoms. The lowest BCUT2D eigenvalue weighted by Gasteiger charge is -1.94. The maximum absolute atomic E-state index is 7.23. The molecule has 0 aliphatic rings. The third-order valence-corrected chi connectivity index (χ3v) is 1.69. The van der Waals surface area contributed by atoms with E-state index in [0.717, 1.165) is 11.3 Å². The molecule has 0 bridgehead atoms. The number of hydrogen-bond donors (Lipinski definition) is 1. The fourth-order valence-corrected chi connectivity index (χ4v) is 0.917. The first-order chi connectivity index (χ1) is 4.70. The second-order valence-electron chi connectivity index (χ2n) is 2.03. The van der Waals surface area contributed by atoms with Crippen molar-refractivity contribution in [2.75, 3.05) is 0 Å². The summed E-state index contributed by atoms with van der Waals surface area (Å²) in [6, 6.07) is 3.81. The standard InChI is InChI=1S/C7H7IN2/c1-5-2-3-6(7(8)9)10-4-5/h2-4,9H,1H3. The van der Waals surface area contributed by atoms with Crippen molar-refractivity contribution in [3.63, 3.8) is 0 Å². The van der Waals surface area contributed by atoms with Crippen LogP contribution in [0, 0.1) is 12.3 Å². The zero-order chi connectivity index (χ0) is 7.56. The molecule has 1 aromatic rings. The summed E-state index contributed by atoms with van der Waals surface area (Å²) in [5, 5.41) is 7.23. The van der Waals surface area contributed by atoms with Crippen LogP contribution in [0.3, 0.4) is 0 Å². The van der Waals surface area contributed by atoms with Gasteiger partial charge in [0.2, 0.25) is 0 Å². The van der Waals surface area contributed by atoms with Crippen LogP contribution >= 0.6 is 22.6 Å². The van der Waals surface area contributed by atoms with Crippen LogP contribution in [0.5, 0.6) is 0 Å². The van der Waals surface area contributed by atoms with Crippen molar-refractivity contribution in [3.8, 4) is 0 Å². The van der Waals surface area contributed by atoms with Gasteiger partial charge in [-0.25, -0.2) is 0 Å². The molecule has 0 atom stereocenters. The normalized spacial score (nSPS) is 9.40. The van der Waals surface area contributed by atoms with Gasteiger partial charge in [-0.3, -0.25) is 10.4 Å². The van der Waals surface area contributed by atoms with Gasteiger partial charge in [0.1, 0.15) is 3.72 Å². The predicted molar refractivity (Wildman–Crippen MR) is 49.8 cm³/mol. The first kappa shape index (κ1) is 7.65. The molecule has 0 aliphatic heterocycles. The first-order valence-electron chi connectivity index (χ1n) is 2.87. The number of aryl methyl sites for hydroxylation is 1. The predicted octanol–water partition coefficient (Wildman–Crippen LogP) is 2.15. The Morgan fingerprint density at radius 3 is 2.70 bits per heavy atom. The highest BCUT2D eigenvalue weighted by molar-refractivity contribution is 14.1. The summed E-state index contributed by atoms with van der Waals surface area (Å²) in [6.07, 6.45) is 1.77. The van der Waals surface area contributed by atoms with Crippen LogP contribution in [0.25, 0.3) is 0 Å². The molecule has 52 valence electrons. The third kappa shape index (κ3) is 1.76. The SMILES string of the molecule is Cc1ccc(C(=N)I)nc1. The van der Waals surface area contributed by atoms with Crippen LogP contribution in [-0.4, -0.2) is 8.70 Å². The second-order valence-corrected chi connectivity index (χ2v) is 3.11. The van der Waals surface area contributed by atoms with E-state index < -0.39 is 0 Å². The van der Waals surface area contributed by atoms with Crippen LogP contribution in [-0.2, 0) is 0 Å². The van der Waals surface area contributed by atoms with Crippen molar-refractivity contribution < 1.29 is 0 Å². The van der Waals surface area contributed by atoms with Gasteiger partial charge < -0.3 is 0 Å². The Hall–Kier alpha value is -0.450. The molecule has 0 saturated carbocycles. The molecule has 0 radical (unpaired) electrons. The van der Waals surface area contributed by atoms with Crippen LogP contribution in [0.15, 0.2) is 18.3 Å². The lowest BCUT2D eigenvalue weighted by atomic mass is 10.3. The van der Waals surface area contributed by atoms with E-state index in [1.165, 1.54) is 0 Å². The van der Waals surface area contributed by atoms with Gasteiger partial charge >= 0.3 is 0 Å². The lowest BCUT2D eigenvalue weighted by Crippen LogP contribution is -1.91. The van der Waals surface area contributed by atoms with E-state index in [9.17, 15) is 0 Å². The molecule has 10 heavy (non-hydrogen) atoms. The zero-order valence-corrected chi connectivity index (χ0v) is 7.71. The minimum absolute atomic E-state index is 0.484. The van der Waals surface area contributed by atoms with Gasteiger partial charge in [-0.15, -0.1) is 0 Å². The first-order valence-corrected chi connectivity index (χ1v) is 3.95. The molecule has 1 rings (SSSR count). The van der Waals surface area contributed by atoms with E-state index >= 15 is 0 Å². The van der Waals surface area contributed by atoms with Gasteiger partial charge in [0.15, 0.2) is 0 Å². The Balaban J connectivity index is 3.00. The Morgan fingerprint density at radius 2 is 2.30 bits per heavy atom. The van der Waals surface area contributed by atoms with E-state index in [-0.39, 0.29) is 0 Å². The fraction of sp³-hybridized carbons (Fsp3) is 0.143. The molecule has 1 heterocycles. The number of aromatic nitrogens is 1. The fourth-order valence-electron chi connectivity index (χ4n) is 0.598. The average molecular weight is 246 g/mol. The Bertz CT molecular complexity index is 240. The maximum Gasteiger partial charge on any atom is 0.118 e. The second kappa shape index (κ2) is 3.09. The molecular formula is C7H7IN2. The minimum Gasteiger partial charge on any atom is -0.292 e. The van der Waals surface area contributed by atoms with Gasteiger partial charge in [0, 0.05) is 6.20 Å². The summed E-state index contributed by atoms with van der Waals surface area (Å²) < 4.78 is 0.484. The quantitative estimate of drug-likeness (QED) is 0.598. The van der Waals surface area contributed by atoms with Crippen LogP contribution in [0.4, 0.5) is 0 Å². The third-order valence-electron chi connectivity index (χ3n) is 1.14. The van der Waals surface area contributed by atoms with Gasteiger partial charge in [-0.05, 0) is 41.1 Å². The summed E-state index contributed by atoms with van der Waals surface area (Å²) in [6.45, 7) is 1.98. The molecule has 0 aromatic carbocycles. The Labute approximate surface area is 73.3 Å². The molecule has 1 aromatic heterocycles. The zero-order valence-electron chi connectivity index (χ0n) is 5.56. The molecule has 0 amide bonds. The minimum atomic E-state index is 0.484.